The van der Waals surface area contributed by atoms with Crippen molar-refractivity contribution in [2.24, 2.45) is 29.4 Å². The van der Waals surface area contributed by atoms with E-state index < -0.39 is 18.1 Å². The molecule has 5 N–H and O–H groups in total. The predicted molar refractivity (Wildman–Crippen MR) is 103 cm³/mol. The van der Waals surface area contributed by atoms with E-state index in [1.807, 2.05) is 13.8 Å². The van der Waals surface area contributed by atoms with Crippen molar-refractivity contribution in [2.45, 2.75) is 65.5 Å². The van der Waals surface area contributed by atoms with Crippen molar-refractivity contribution in [3.8, 4) is 0 Å². The first-order valence-electron chi connectivity index (χ1n) is 9.19. The molecule has 0 saturated heterocycles. The molecule has 0 aromatic rings. The largest absolute Gasteiger partial charge is 0.480 e. The molecule has 0 heterocycles. The fourth-order valence-corrected chi connectivity index (χ4v) is 3.08. The normalized spacial score (nSPS) is 22.3. The third-order valence-corrected chi connectivity index (χ3v) is 5.03. The van der Waals surface area contributed by atoms with Gasteiger partial charge in [0.05, 0.1) is 6.04 Å². The number of amides is 2. The minimum Gasteiger partial charge on any atom is -0.480 e. The van der Waals surface area contributed by atoms with Gasteiger partial charge in [0.25, 0.3) is 0 Å². The number of hydrogen-bond acceptors (Lipinski definition) is 4. The van der Waals surface area contributed by atoms with Crippen molar-refractivity contribution < 1.29 is 19.5 Å². The highest BCUT2D eigenvalue weighted by molar-refractivity contribution is 5.85. The van der Waals surface area contributed by atoms with Crippen LogP contribution in [-0.4, -0.2) is 41.5 Å². The van der Waals surface area contributed by atoms with Crippen LogP contribution in [0, 0.1) is 23.7 Å². The third-order valence-electron chi connectivity index (χ3n) is 5.03. The van der Waals surface area contributed by atoms with Crippen LogP contribution in [-0.2, 0) is 14.4 Å². The maximum atomic E-state index is 12.3. The summed E-state index contributed by atoms with van der Waals surface area (Å²) >= 11 is 0. The first-order chi connectivity index (χ1) is 11.6. The molecule has 0 aromatic carbocycles. The van der Waals surface area contributed by atoms with E-state index in [-0.39, 0.29) is 42.0 Å². The van der Waals surface area contributed by atoms with E-state index in [4.69, 9.17) is 5.73 Å². The van der Waals surface area contributed by atoms with E-state index in [9.17, 15) is 19.5 Å². The maximum Gasteiger partial charge on any atom is 0.326 e. The molecule has 26 heavy (non-hydrogen) atoms. The fraction of sp³-hybridized carbons (Fsp3) is 0.833. The van der Waals surface area contributed by atoms with Crippen molar-refractivity contribution in [3.63, 3.8) is 0 Å². The van der Waals surface area contributed by atoms with Crippen molar-refractivity contribution in [1.29, 1.82) is 0 Å². The summed E-state index contributed by atoms with van der Waals surface area (Å²) in [7, 11) is 0. The average Bonchev–Trinajstić information content (AvgIpc) is 2.56. The highest BCUT2D eigenvalue weighted by Gasteiger charge is 2.30. The number of aliphatic carboxylic acids is 1. The SMILES string of the molecule is CC(C)[C@H](NC(=O)C1CCC(CNC(=O)[C@H](N)C(C)C)CC1)C(=O)O.Cl. The van der Waals surface area contributed by atoms with Crippen LogP contribution in [0.4, 0.5) is 0 Å². The van der Waals surface area contributed by atoms with E-state index in [1.165, 1.54) is 0 Å². The number of carboxylic acids is 1. The zero-order chi connectivity index (χ0) is 19.1. The Morgan fingerprint density at radius 1 is 1.04 bits per heavy atom. The van der Waals surface area contributed by atoms with Crippen LogP contribution in [0.5, 0.6) is 0 Å². The molecular formula is C18H34ClN3O4. The third kappa shape index (κ3) is 7.50. The van der Waals surface area contributed by atoms with E-state index in [1.54, 1.807) is 13.8 Å². The molecule has 2 amide bonds. The van der Waals surface area contributed by atoms with Gasteiger partial charge in [-0.15, -0.1) is 12.4 Å². The van der Waals surface area contributed by atoms with E-state index in [2.05, 4.69) is 10.6 Å². The number of carbonyl (C=O) groups is 3. The number of hydrogen-bond donors (Lipinski definition) is 4. The highest BCUT2D eigenvalue weighted by Crippen LogP contribution is 2.28. The Bertz CT molecular complexity index is 477. The molecule has 1 fully saturated rings. The monoisotopic (exact) mass is 391 g/mol. The van der Waals surface area contributed by atoms with Crippen LogP contribution in [0.2, 0.25) is 0 Å². The van der Waals surface area contributed by atoms with Gasteiger partial charge in [-0.2, -0.15) is 0 Å². The van der Waals surface area contributed by atoms with Crippen molar-refractivity contribution in [1.82, 2.24) is 10.6 Å². The second kappa shape index (κ2) is 11.4. The number of halogens is 1. The average molecular weight is 392 g/mol. The Hall–Kier alpha value is -1.34. The number of carboxylic acid groups (broad SMARTS) is 1. The summed E-state index contributed by atoms with van der Waals surface area (Å²) in [5.41, 5.74) is 5.82. The summed E-state index contributed by atoms with van der Waals surface area (Å²) in [4.78, 5) is 35.4. The smallest absolute Gasteiger partial charge is 0.326 e. The Morgan fingerprint density at radius 2 is 1.58 bits per heavy atom. The van der Waals surface area contributed by atoms with Crippen LogP contribution in [0.25, 0.3) is 0 Å². The minimum atomic E-state index is -0.999. The van der Waals surface area contributed by atoms with Crippen LogP contribution in [0.15, 0.2) is 0 Å². The molecular weight excluding hydrogens is 358 g/mol. The molecule has 2 atom stereocenters. The lowest BCUT2D eigenvalue weighted by Gasteiger charge is -2.29. The number of nitrogens with two attached hydrogens (primary N) is 1. The van der Waals surface area contributed by atoms with Crippen LogP contribution in [0.1, 0.15) is 53.4 Å². The Labute approximate surface area is 162 Å². The summed E-state index contributed by atoms with van der Waals surface area (Å²) in [6.45, 7) is 7.96. The standard InChI is InChI=1S/C18H33N3O4.ClH/c1-10(2)14(19)17(23)20-9-12-5-7-13(8-6-12)16(22)21-15(11(3)4)18(24)25;/h10-15H,5-9,19H2,1-4H3,(H,20,23)(H,21,22)(H,24,25);1H/t12?,13?,14-,15+;/m1./s1. The molecule has 1 rings (SSSR count). The van der Waals surface area contributed by atoms with Gasteiger partial charge in [0.15, 0.2) is 0 Å². The first-order valence-corrected chi connectivity index (χ1v) is 9.19. The predicted octanol–water partition coefficient (Wildman–Crippen LogP) is 1.54. The number of nitrogens with one attached hydrogen (secondary N) is 2. The van der Waals surface area contributed by atoms with Gasteiger partial charge in [-0.25, -0.2) is 4.79 Å². The quantitative estimate of drug-likeness (QED) is 0.500. The van der Waals surface area contributed by atoms with Gasteiger partial charge < -0.3 is 21.5 Å². The van der Waals surface area contributed by atoms with E-state index in [0.717, 1.165) is 12.8 Å². The summed E-state index contributed by atoms with van der Waals surface area (Å²) in [6.07, 6.45) is 3.11. The lowest BCUT2D eigenvalue weighted by molar-refractivity contribution is -0.144. The zero-order valence-electron chi connectivity index (χ0n) is 16.2. The molecule has 1 aliphatic carbocycles. The van der Waals surface area contributed by atoms with Gasteiger partial charge in [0.2, 0.25) is 11.8 Å². The zero-order valence-corrected chi connectivity index (χ0v) is 17.0. The lowest BCUT2D eigenvalue weighted by Crippen LogP contribution is -2.48. The van der Waals surface area contributed by atoms with Gasteiger partial charge in [-0.1, -0.05) is 27.7 Å². The molecule has 8 heteroatoms. The summed E-state index contributed by atoms with van der Waals surface area (Å²) in [5.74, 6) is -1.17. The van der Waals surface area contributed by atoms with Crippen molar-refractivity contribution in [3.05, 3.63) is 0 Å². The molecule has 0 spiro atoms. The molecule has 1 aliphatic rings. The molecule has 0 unspecified atom stereocenters. The van der Waals surface area contributed by atoms with Gasteiger partial charge in [-0.05, 0) is 43.4 Å². The van der Waals surface area contributed by atoms with E-state index in [0.29, 0.717) is 25.3 Å². The van der Waals surface area contributed by atoms with Gasteiger partial charge in [0, 0.05) is 12.5 Å². The summed E-state index contributed by atoms with van der Waals surface area (Å²) in [6, 6.07) is -1.34. The van der Waals surface area contributed by atoms with Crippen molar-refractivity contribution >= 4 is 30.2 Å². The molecule has 1 saturated carbocycles. The number of rotatable bonds is 8. The molecule has 152 valence electrons. The number of carbonyl (C=O) groups excluding carboxylic acids is 2. The Kier molecular flexibility index (Phi) is 10.8. The van der Waals surface area contributed by atoms with E-state index >= 15 is 0 Å². The molecule has 0 bridgehead atoms. The van der Waals surface area contributed by atoms with Crippen molar-refractivity contribution in [2.75, 3.05) is 6.54 Å². The lowest BCUT2D eigenvalue weighted by atomic mass is 9.81. The molecule has 0 radical (unpaired) electrons. The summed E-state index contributed by atoms with van der Waals surface area (Å²) in [5, 5.41) is 14.7. The molecule has 0 aromatic heterocycles. The molecule has 0 aliphatic heterocycles. The first kappa shape index (κ1) is 24.7. The summed E-state index contributed by atoms with van der Waals surface area (Å²) < 4.78 is 0. The van der Waals surface area contributed by atoms with Crippen LogP contribution >= 0.6 is 12.4 Å². The minimum absolute atomic E-state index is 0. The Morgan fingerprint density at radius 3 is 2.00 bits per heavy atom. The van der Waals surface area contributed by atoms with Crippen LogP contribution in [0.3, 0.4) is 0 Å². The fourth-order valence-electron chi connectivity index (χ4n) is 3.08. The topological polar surface area (TPSA) is 122 Å². The second-order valence-electron chi connectivity index (χ2n) is 7.80. The maximum absolute atomic E-state index is 12.3. The van der Waals surface area contributed by atoms with Gasteiger partial charge in [0.1, 0.15) is 6.04 Å². The Balaban J connectivity index is 0.00000625. The highest BCUT2D eigenvalue weighted by atomic mass is 35.5. The van der Waals surface area contributed by atoms with Gasteiger partial charge in [-0.3, -0.25) is 9.59 Å². The van der Waals surface area contributed by atoms with Crippen LogP contribution < -0.4 is 16.4 Å². The second-order valence-corrected chi connectivity index (χ2v) is 7.80. The van der Waals surface area contributed by atoms with Gasteiger partial charge >= 0.3 is 5.97 Å². The molecule has 7 nitrogen and oxygen atoms in total.